The Morgan fingerprint density at radius 1 is 1.17 bits per heavy atom. The molecule has 1 unspecified atom stereocenters. The fraction of sp³-hybridized carbons (Fsp3) is 0.412. The van der Waals surface area contributed by atoms with Crippen LogP contribution in [0.1, 0.15) is 36.3 Å². The molecule has 0 radical (unpaired) electrons. The number of rotatable bonds is 6. The summed E-state index contributed by atoms with van der Waals surface area (Å²) in [7, 11) is -3.47. The van der Waals surface area contributed by atoms with Crippen molar-refractivity contribution in [3.63, 3.8) is 0 Å². The topological polar surface area (TPSA) is 50.5 Å². The molecule has 1 aliphatic heterocycles. The van der Waals surface area contributed by atoms with Crippen LogP contribution < -0.4 is 0 Å². The number of hydrogen-bond donors (Lipinski definition) is 0. The molecule has 1 aromatic carbocycles. The SMILES string of the molecule is CC(SCc1ccc(S(=O)(=O)N2CCCC2)o1)c1ccc(Cl)cc1. The van der Waals surface area contributed by atoms with Crippen molar-refractivity contribution in [2.45, 2.75) is 35.9 Å². The van der Waals surface area contributed by atoms with E-state index in [-0.39, 0.29) is 10.3 Å². The van der Waals surface area contributed by atoms with Gasteiger partial charge in [0.05, 0.1) is 5.75 Å². The smallest absolute Gasteiger partial charge is 0.276 e. The average molecular weight is 386 g/mol. The van der Waals surface area contributed by atoms with Gasteiger partial charge in [0, 0.05) is 23.4 Å². The molecule has 24 heavy (non-hydrogen) atoms. The summed E-state index contributed by atoms with van der Waals surface area (Å²) in [5.74, 6) is 1.30. The highest BCUT2D eigenvalue weighted by atomic mass is 35.5. The first kappa shape index (κ1) is 17.9. The van der Waals surface area contributed by atoms with E-state index in [4.69, 9.17) is 16.0 Å². The van der Waals surface area contributed by atoms with Crippen molar-refractivity contribution in [1.29, 1.82) is 0 Å². The van der Waals surface area contributed by atoms with E-state index < -0.39 is 10.0 Å². The van der Waals surface area contributed by atoms with Crippen LogP contribution in [0.3, 0.4) is 0 Å². The van der Waals surface area contributed by atoms with Gasteiger partial charge in [0.2, 0.25) is 5.09 Å². The molecular weight excluding hydrogens is 366 g/mol. The maximum absolute atomic E-state index is 12.5. The average Bonchev–Trinajstić information content (AvgIpc) is 3.25. The van der Waals surface area contributed by atoms with Crippen molar-refractivity contribution >= 4 is 33.4 Å². The van der Waals surface area contributed by atoms with Gasteiger partial charge >= 0.3 is 0 Å². The highest BCUT2D eigenvalue weighted by Gasteiger charge is 2.29. The lowest BCUT2D eigenvalue weighted by molar-refractivity contribution is 0.397. The summed E-state index contributed by atoms with van der Waals surface area (Å²) in [6.45, 7) is 3.28. The van der Waals surface area contributed by atoms with Crippen molar-refractivity contribution in [2.24, 2.45) is 0 Å². The Morgan fingerprint density at radius 3 is 2.50 bits per heavy atom. The molecule has 0 saturated carbocycles. The van der Waals surface area contributed by atoms with E-state index in [1.165, 1.54) is 9.87 Å². The van der Waals surface area contributed by atoms with Crippen LogP contribution in [-0.2, 0) is 15.8 Å². The van der Waals surface area contributed by atoms with Gasteiger partial charge in [-0.3, -0.25) is 0 Å². The van der Waals surface area contributed by atoms with Crippen LogP contribution >= 0.6 is 23.4 Å². The van der Waals surface area contributed by atoms with Gasteiger partial charge in [-0.25, -0.2) is 8.42 Å². The third kappa shape index (κ3) is 3.99. The van der Waals surface area contributed by atoms with Crippen LogP contribution in [0.2, 0.25) is 5.02 Å². The molecule has 3 rings (SSSR count). The number of thioether (sulfide) groups is 1. The summed E-state index contributed by atoms with van der Waals surface area (Å²) in [6.07, 6.45) is 1.84. The Kier molecular flexibility index (Phi) is 5.59. The van der Waals surface area contributed by atoms with Crippen molar-refractivity contribution in [2.75, 3.05) is 13.1 Å². The minimum Gasteiger partial charge on any atom is -0.447 e. The van der Waals surface area contributed by atoms with Crippen LogP contribution in [0.25, 0.3) is 0 Å². The van der Waals surface area contributed by atoms with E-state index in [2.05, 4.69) is 6.92 Å². The molecule has 2 heterocycles. The van der Waals surface area contributed by atoms with Crippen molar-refractivity contribution < 1.29 is 12.8 Å². The maximum Gasteiger partial charge on any atom is 0.276 e. The van der Waals surface area contributed by atoms with Gasteiger partial charge in [0.1, 0.15) is 5.76 Å². The summed E-state index contributed by atoms with van der Waals surface area (Å²) in [4.78, 5) is 0. The number of sulfonamides is 1. The molecular formula is C17H20ClNO3S2. The van der Waals surface area contributed by atoms with Gasteiger partial charge in [-0.15, -0.1) is 11.8 Å². The predicted molar refractivity (Wildman–Crippen MR) is 97.9 cm³/mol. The Labute approximate surface area is 152 Å². The Balaban J connectivity index is 1.62. The second-order valence-electron chi connectivity index (χ2n) is 5.84. The molecule has 2 aromatic rings. The highest BCUT2D eigenvalue weighted by Crippen LogP contribution is 2.33. The van der Waals surface area contributed by atoms with Gasteiger partial charge in [-0.05, 0) is 49.6 Å². The summed E-state index contributed by atoms with van der Waals surface area (Å²) in [5, 5.41) is 1.05. The maximum atomic E-state index is 12.5. The Bertz CT molecular complexity index is 780. The molecule has 1 aliphatic rings. The van der Waals surface area contributed by atoms with E-state index in [9.17, 15) is 8.42 Å². The second kappa shape index (κ2) is 7.52. The normalized spacial score (nSPS) is 17.2. The molecule has 1 fully saturated rings. The molecule has 0 amide bonds. The molecule has 1 aromatic heterocycles. The zero-order valence-electron chi connectivity index (χ0n) is 13.4. The molecule has 0 aliphatic carbocycles. The largest absolute Gasteiger partial charge is 0.447 e. The van der Waals surface area contributed by atoms with Gasteiger partial charge in [0.25, 0.3) is 10.0 Å². The molecule has 0 N–H and O–H groups in total. The van der Waals surface area contributed by atoms with Crippen molar-refractivity contribution in [1.82, 2.24) is 4.31 Å². The third-order valence-electron chi connectivity index (χ3n) is 4.11. The molecule has 7 heteroatoms. The first-order valence-corrected chi connectivity index (χ1v) is 10.8. The number of hydrogen-bond acceptors (Lipinski definition) is 4. The Hall–Kier alpha value is -0.950. The highest BCUT2D eigenvalue weighted by molar-refractivity contribution is 7.98. The number of halogens is 1. The van der Waals surface area contributed by atoms with E-state index in [1.807, 2.05) is 24.3 Å². The lowest BCUT2D eigenvalue weighted by Crippen LogP contribution is -2.27. The van der Waals surface area contributed by atoms with Gasteiger partial charge in [0.15, 0.2) is 0 Å². The van der Waals surface area contributed by atoms with E-state index in [0.717, 1.165) is 17.9 Å². The molecule has 130 valence electrons. The number of nitrogens with zero attached hydrogens (tertiary/aromatic N) is 1. The van der Waals surface area contributed by atoms with E-state index >= 15 is 0 Å². The van der Waals surface area contributed by atoms with E-state index in [1.54, 1.807) is 23.9 Å². The quantitative estimate of drug-likeness (QED) is 0.722. The van der Waals surface area contributed by atoms with Gasteiger partial charge < -0.3 is 4.42 Å². The molecule has 4 nitrogen and oxygen atoms in total. The van der Waals surface area contributed by atoms with Crippen molar-refractivity contribution in [3.8, 4) is 0 Å². The molecule has 0 bridgehead atoms. The molecule has 1 saturated heterocycles. The fourth-order valence-corrected chi connectivity index (χ4v) is 5.16. The Morgan fingerprint density at radius 2 is 1.83 bits per heavy atom. The molecule has 1 atom stereocenters. The second-order valence-corrected chi connectivity index (χ2v) is 9.47. The lowest BCUT2D eigenvalue weighted by atomic mass is 10.2. The van der Waals surface area contributed by atoms with Crippen LogP contribution in [-0.4, -0.2) is 25.8 Å². The summed E-state index contributed by atoms with van der Waals surface area (Å²) >= 11 is 7.61. The minimum atomic E-state index is -3.47. The minimum absolute atomic E-state index is 0.0548. The number of benzene rings is 1. The predicted octanol–water partition coefficient (Wildman–Crippen LogP) is 4.71. The fourth-order valence-electron chi connectivity index (χ4n) is 2.67. The van der Waals surface area contributed by atoms with Crippen LogP contribution in [0.5, 0.6) is 0 Å². The van der Waals surface area contributed by atoms with Crippen LogP contribution in [0.15, 0.2) is 45.9 Å². The summed E-state index contributed by atoms with van der Waals surface area (Å²) in [5.41, 5.74) is 1.18. The monoisotopic (exact) mass is 385 g/mol. The first-order chi connectivity index (χ1) is 11.5. The van der Waals surface area contributed by atoms with E-state index in [0.29, 0.717) is 24.6 Å². The zero-order valence-corrected chi connectivity index (χ0v) is 15.8. The van der Waals surface area contributed by atoms with Gasteiger partial charge in [-0.2, -0.15) is 4.31 Å². The number of furan rings is 1. The van der Waals surface area contributed by atoms with Crippen LogP contribution in [0, 0.1) is 0 Å². The van der Waals surface area contributed by atoms with Crippen LogP contribution in [0.4, 0.5) is 0 Å². The summed E-state index contributed by atoms with van der Waals surface area (Å²) < 4.78 is 32.0. The zero-order chi connectivity index (χ0) is 17.2. The summed E-state index contributed by atoms with van der Waals surface area (Å²) in [6, 6.07) is 11.1. The van der Waals surface area contributed by atoms with Gasteiger partial charge in [-0.1, -0.05) is 23.7 Å². The lowest BCUT2D eigenvalue weighted by Gasteiger charge is -2.13. The standard InChI is InChI=1S/C17H20ClNO3S2/c1-13(14-4-6-15(18)7-5-14)23-12-16-8-9-17(22-16)24(20,21)19-10-2-3-11-19/h4-9,13H,2-3,10-12H2,1H3. The third-order valence-corrected chi connectivity index (χ3v) is 7.36. The molecule has 0 spiro atoms. The first-order valence-electron chi connectivity index (χ1n) is 7.93. The van der Waals surface area contributed by atoms with Crippen molar-refractivity contribution in [3.05, 3.63) is 52.7 Å².